The maximum absolute atomic E-state index is 11.6. The molecule has 0 radical (unpaired) electrons. The van der Waals surface area contributed by atoms with Crippen LogP contribution in [0.3, 0.4) is 0 Å². The Morgan fingerprint density at radius 3 is 2.84 bits per heavy atom. The number of nitrogens with zero attached hydrogens (tertiary/aromatic N) is 1. The number of carbonyl (C=O) groups excluding carboxylic acids is 1. The summed E-state index contributed by atoms with van der Waals surface area (Å²) < 4.78 is 0. The van der Waals surface area contributed by atoms with Crippen LogP contribution in [0.2, 0.25) is 0 Å². The molecule has 1 amide bonds. The van der Waals surface area contributed by atoms with Crippen molar-refractivity contribution in [2.45, 2.75) is 64.5 Å². The normalized spacial score (nSPS) is 21.5. The Hall–Kier alpha value is -0.320. The van der Waals surface area contributed by atoms with Gasteiger partial charge in [0.25, 0.3) is 0 Å². The molecule has 0 aromatic carbocycles. The van der Waals surface area contributed by atoms with E-state index in [9.17, 15) is 4.79 Å². The van der Waals surface area contributed by atoms with Gasteiger partial charge < -0.3 is 16.0 Å². The smallest absolute Gasteiger partial charge is 0.236 e. The minimum absolute atomic E-state index is 0. The molecule has 0 spiro atoms. The summed E-state index contributed by atoms with van der Waals surface area (Å²) in [5, 5.41) is 2.93. The molecule has 1 aliphatic rings. The second-order valence-electron chi connectivity index (χ2n) is 5.42. The van der Waals surface area contributed by atoms with Gasteiger partial charge in [-0.2, -0.15) is 0 Å². The molecule has 1 fully saturated rings. The fourth-order valence-corrected chi connectivity index (χ4v) is 2.56. The van der Waals surface area contributed by atoms with Gasteiger partial charge in [0.2, 0.25) is 5.91 Å². The first-order valence-electron chi connectivity index (χ1n) is 7.42. The van der Waals surface area contributed by atoms with Crippen LogP contribution >= 0.6 is 12.4 Å². The average molecular weight is 292 g/mol. The van der Waals surface area contributed by atoms with Gasteiger partial charge in [0.1, 0.15) is 0 Å². The van der Waals surface area contributed by atoms with Gasteiger partial charge in [-0.25, -0.2) is 0 Å². The summed E-state index contributed by atoms with van der Waals surface area (Å²) in [7, 11) is 0. The zero-order valence-electron chi connectivity index (χ0n) is 12.4. The Morgan fingerprint density at radius 2 is 2.21 bits per heavy atom. The van der Waals surface area contributed by atoms with Crippen molar-refractivity contribution >= 4 is 18.3 Å². The molecule has 1 aliphatic heterocycles. The topological polar surface area (TPSA) is 58.4 Å². The Balaban J connectivity index is 0.00000324. The SMILES string of the molecule is CCCC(N)C(=O)NCCCN1CCCCC1C.Cl. The van der Waals surface area contributed by atoms with Gasteiger partial charge in [-0.3, -0.25) is 4.79 Å². The van der Waals surface area contributed by atoms with Crippen LogP contribution in [-0.2, 0) is 4.79 Å². The van der Waals surface area contributed by atoms with Crippen LogP contribution in [0.4, 0.5) is 0 Å². The molecule has 19 heavy (non-hydrogen) atoms. The second-order valence-corrected chi connectivity index (χ2v) is 5.42. The highest BCUT2D eigenvalue weighted by molar-refractivity contribution is 5.85. The molecule has 1 saturated heterocycles. The van der Waals surface area contributed by atoms with Crippen LogP contribution in [0.25, 0.3) is 0 Å². The predicted molar refractivity (Wildman–Crippen MR) is 82.6 cm³/mol. The Morgan fingerprint density at radius 1 is 1.47 bits per heavy atom. The predicted octanol–water partition coefficient (Wildman–Crippen LogP) is 1.92. The molecule has 0 aliphatic carbocycles. The molecule has 0 saturated carbocycles. The lowest BCUT2D eigenvalue weighted by Gasteiger charge is -2.33. The van der Waals surface area contributed by atoms with Crippen LogP contribution in [-0.4, -0.2) is 42.5 Å². The Kier molecular flexibility index (Phi) is 10.3. The molecule has 2 atom stereocenters. The van der Waals surface area contributed by atoms with E-state index in [1.54, 1.807) is 0 Å². The van der Waals surface area contributed by atoms with Crippen molar-refractivity contribution in [2.75, 3.05) is 19.6 Å². The second kappa shape index (κ2) is 10.5. The highest BCUT2D eigenvalue weighted by Gasteiger charge is 2.17. The Bertz CT molecular complexity index is 251. The van der Waals surface area contributed by atoms with Crippen LogP contribution in [0, 0.1) is 0 Å². The standard InChI is InChI=1S/C14H29N3O.ClH/c1-3-7-13(15)14(18)16-9-6-11-17-10-5-4-8-12(17)2;/h12-13H,3-11,15H2,1-2H3,(H,16,18);1H. The van der Waals surface area contributed by atoms with Crippen molar-refractivity contribution in [2.24, 2.45) is 5.73 Å². The summed E-state index contributed by atoms with van der Waals surface area (Å²) in [4.78, 5) is 14.1. The molecule has 5 heteroatoms. The molecule has 0 aromatic heterocycles. The van der Waals surface area contributed by atoms with Gasteiger partial charge in [0, 0.05) is 19.1 Å². The molecule has 1 rings (SSSR count). The van der Waals surface area contributed by atoms with E-state index in [4.69, 9.17) is 5.73 Å². The van der Waals surface area contributed by atoms with Crippen molar-refractivity contribution in [3.05, 3.63) is 0 Å². The summed E-state index contributed by atoms with van der Waals surface area (Å²) in [6, 6.07) is 0.376. The summed E-state index contributed by atoms with van der Waals surface area (Å²) >= 11 is 0. The number of amides is 1. The Labute approximate surface area is 123 Å². The third-order valence-electron chi connectivity index (χ3n) is 3.80. The van der Waals surface area contributed by atoms with Gasteiger partial charge in [-0.1, -0.05) is 19.8 Å². The molecular weight excluding hydrogens is 262 g/mol. The van der Waals surface area contributed by atoms with Crippen molar-refractivity contribution < 1.29 is 4.79 Å². The van der Waals surface area contributed by atoms with E-state index in [1.165, 1.54) is 25.8 Å². The minimum atomic E-state index is -0.330. The third kappa shape index (κ3) is 7.14. The highest BCUT2D eigenvalue weighted by Crippen LogP contribution is 2.15. The van der Waals surface area contributed by atoms with E-state index < -0.39 is 0 Å². The molecule has 114 valence electrons. The van der Waals surface area contributed by atoms with Crippen molar-refractivity contribution in [3.63, 3.8) is 0 Å². The van der Waals surface area contributed by atoms with Gasteiger partial charge >= 0.3 is 0 Å². The number of hydrogen-bond donors (Lipinski definition) is 2. The quantitative estimate of drug-likeness (QED) is 0.705. The number of rotatable bonds is 7. The number of carbonyl (C=O) groups is 1. The number of piperidine rings is 1. The van der Waals surface area contributed by atoms with Crippen LogP contribution in [0.1, 0.15) is 52.4 Å². The first-order chi connectivity index (χ1) is 8.65. The van der Waals surface area contributed by atoms with Crippen LogP contribution < -0.4 is 11.1 Å². The van der Waals surface area contributed by atoms with E-state index >= 15 is 0 Å². The third-order valence-corrected chi connectivity index (χ3v) is 3.80. The lowest BCUT2D eigenvalue weighted by Crippen LogP contribution is -2.42. The first kappa shape index (κ1) is 18.7. The van der Waals surface area contributed by atoms with E-state index in [0.29, 0.717) is 6.04 Å². The van der Waals surface area contributed by atoms with Gasteiger partial charge in [0.15, 0.2) is 0 Å². The van der Waals surface area contributed by atoms with Crippen molar-refractivity contribution in [1.82, 2.24) is 10.2 Å². The maximum atomic E-state index is 11.6. The van der Waals surface area contributed by atoms with Crippen molar-refractivity contribution in [3.8, 4) is 0 Å². The molecular formula is C14H30ClN3O. The summed E-state index contributed by atoms with van der Waals surface area (Å²) in [6.07, 6.45) is 6.75. The maximum Gasteiger partial charge on any atom is 0.236 e. The summed E-state index contributed by atoms with van der Waals surface area (Å²) in [5.41, 5.74) is 5.75. The van der Waals surface area contributed by atoms with E-state index in [0.717, 1.165) is 32.4 Å². The lowest BCUT2D eigenvalue weighted by molar-refractivity contribution is -0.122. The summed E-state index contributed by atoms with van der Waals surface area (Å²) in [5.74, 6) is 0.00328. The molecule has 1 heterocycles. The largest absolute Gasteiger partial charge is 0.355 e. The number of hydrogen-bond acceptors (Lipinski definition) is 3. The van der Waals surface area contributed by atoms with Crippen LogP contribution in [0.15, 0.2) is 0 Å². The van der Waals surface area contributed by atoms with E-state index in [-0.39, 0.29) is 24.4 Å². The van der Waals surface area contributed by atoms with Gasteiger partial charge in [-0.05, 0) is 39.2 Å². The molecule has 3 N–H and O–H groups in total. The van der Waals surface area contributed by atoms with Gasteiger partial charge in [0.05, 0.1) is 6.04 Å². The van der Waals surface area contributed by atoms with E-state index in [2.05, 4.69) is 17.1 Å². The number of nitrogens with one attached hydrogen (secondary N) is 1. The average Bonchev–Trinajstić information content (AvgIpc) is 2.36. The lowest BCUT2D eigenvalue weighted by atomic mass is 10.0. The van der Waals surface area contributed by atoms with Crippen molar-refractivity contribution in [1.29, 1.82) is 0 Å². The monoisotopic (exact) mass is 291 g/mol. The molecule has 0 bridgehead atoms. The fourth-order valence-electron chi connectivity index (χ4n) is 2.56. The molecule has 2 unspecified atom stereocenters. The zero-order valence-corrected chi connectivity index (χ0v) is 13.2. The molecule has 4 nitrogen and oxygen atoms in total. The highest BCUT2D eigenvalue weighted by atomic mass is 35.5. The zero-order chi connectivity index (χ0) is 13.4. The number of halogens is 1. The minimum Gasteiger partial charge on any atom is -0.355 e. The summed E-state index contributed by atoms with van der Waals surface area (Å²) in [6.45, 7) is 7.40. The number of likely N-dealkylation sites (tertiary alicyclic amines) is 1. The van der Waals surface area contributed by atoms with Crippen LogP contribution in [0.5, 0.6) is 0 Å². The fraction of sp³-hybridized carbons (Fsp3) is 0.929. The number of nitrogens with two attached hydrogens (primary N) is 1. The van der Waals surface area contributed by atoms with Gasteiger partial charge in [-0.15, -0.1) is 12.4 Å². The first-order valence-corrected chi connectivity index (χ1v) is 7.42. The van der Waals surface area contributed by atoms with E-state index in [1.807, 2.05) is 6.92 Å². The molecule has 0 aromatic rings.